The van der Waals surface area contributed by atoms with Gasteiger partial charge in [-0.3, -0.25) is 9.79 Å². The molecule has 0 aromatic rings. The van der Waals surface area contributed by atoms with E-state index < -0.39 is 0 Å². The normalized spacial score (nSPS) is 23.3. The Labute approximate surface area is 117 Å². The van der Waals surface area contributed by atoms with E-state index in [0.717, 1.165) is 5.84 Å². The number of ketones is 1. The second kappa shape index (κ2) is 7.66. The molecular formula is C16H28N2O. The zero-order valence-electron chi connectivity index (χ0n) is 12.3. The van der Waals surface area contributed by atoms with Crippen molar-refractivity contribution < 1.29 is 4.79 Å². The molecule has 0 radical (unpaired) electrons. The summed E-state index contributed by atoms with van der Waals surface area (Å²) in [5.74, 6) is 1.18. The lowest BCUT2D eigenvalue weighted by molar-refractivity contribution is -0.115. The average Bonchev–Trinajstić information content (AvgIpc) is 2.40. The van der Waals surface area contributed by atoms with Crippen LogP contribution >= 0.6 is 0 Å². The molecule has 2 rings (SSSR count). The van der Waals surface area contributed by atoms with E-state index in [2.05, 4.69) is 5.32 Å². The summed E-state index contributed by atoms with van der Waals surface area (Å²) in [6.07, 6.45) is 13.3. The van der Waals surface area contributed by atoms with Crippen LogP contribution in [0.5, 0.6) is 0 Å². The molecule has 3 nitrogen and oxygen atoms in total. The molecule has 0 aromatic heterocycles. The second-order valence-electron chi connectivity index (χ2n) is 6.23. The molecule has 19 heavy (non-hydrogen) atoms. The molecule has 0 amide bonds. The van der Waals surface area contributed by atoms with Crippen LogP contribution in [-0.2, 0) is 4.79 Å². The predicted octanol–water partition coefficient (Wildman–Crippen LogP) is 3.62. The molecule has 0 aliphatic heterocycles. The first kappa shape index (κ1) is 14.5. The Balaban J connectivity index is 1.92. The van der Waals surface area contributed by atoms with Crippen LogP contribution in [0.1, 0.15) is 77.6 Å². The topological polar surface area (TPSA) is 41.5 Å². The molecule has 0 bridgehead atoms. The minimum Gasteiger partial charge on any atom is -0.371 e. The minimum absolute atomic E-state index is 0.220. The molecule has 0 unspecified atom stereocenters. The summed E-state index contributed by atoms with van der Waals surface area (Å²) in [7, 11) is 0. The smallest absolute Gasteiger partial charge is 0.137 e. The number of carbonyl (C=O) groups is 1. The summed E-state index contributed by atoms with van der Waals surface area (Å²) in [6, 6.07) is 1.01. The van der Waals surface area contributed by atoms with Crippen LogP contribution < -0.4 is 5.32 Å². The van der Waals surface area contributed by atoms with E-state index in [0.29, 0.717) is 18.5 Å². The second-order valence-corrected chi connectivity index (χ2v) is 6.23. The molecule has 0 saturated heterocycles. The number of nitrogens with one attached hydrogen (secondary N) is 1. The maximum absolute atomic E-state index is 11.4. The maximum atomic E-state index is 11.4. The number of amidine groups is 1. The van der Waals surface area contributed by atoms with Crippen LogP contribution in [0.3, 0.4) is 0 Å². The van der Waals surface area contributed by atoms with Gasteiger partial charge >= 0.3 is 0 Å². The third kappa shape index (κ3) is 5.33. The SMILES string of the molecule is CC(=O)CC(=NC1CCCCC1)NC1CCCCC1. The molecule has 2 saturated carbocycles. The Hall–Kier alpha value is -0.860. The number of nitrogens with zero attached hydrogens (tertiary/aromatic N) is 1. The van der Waals surface area contributed by atoms with Crippen LogP contribution in [0.15, 0.2) is 4.99 Å². The van der Waals surface area contributed by atoms with Crippen molar-refractivity contribution in [2.75, 3.05) is 0 Å². The lowest BCUT2D eigenvalue weighted by atomic mass is 9.95. The number of aliphatic imine (C=N–C) groups is 1. The minimum atomic E-state index is 0.220. The van der Waals surface area contributed by atoms with Crippen LogP contribution in [0.25, 0.3) is 0 Å². The third-order valence-electron chi connectivity index (χ3n) is 4.31. The highest BCUT2D eigenvalue weighted by atomic mass is 16.1. The summed E-state index contributed by atoms with van der Waals surface area (Å²) >= 11 is 0. The van der Waals surface area contributed by atoms with Gasteiger partial charge in [-0.2, -0.15) is 0 Å². The van der Waals surface area contributed by atoms with Gasteiger partial charge in [0.05, 0.1) is 12.5 Å². The number of Topliss-reactive ketones (excluding diaryl/α,β-unsaturated/α-hetero) is 1. The van der Waals surface area contributed by atoms with Gasteiger partial charge in [-0.1, -0.05) is 38.5 Å². The van der Waals surface area contributed by atoms with Gasteiger partial charge in [-0.15, -0.1) is 0 Å². The van der Waals surface area contributed by atoms with Crippen molar-refractivity contribution >= 4 is 11.6 Å². The molecule has 0 aromatic carbocycles. The average molecular weight is 264 g/mol. The Morgan fingerprint density at radius 3 is 2.16 bits per heavy atom. The Bertz CT molecular complexity index is 313. The largest absolute Gasteiger partial charge is 0.371 e. The van der Waals surface area contributed by atoms with E-state index in [4.69, 9.17) is 4.99 Å². The van der Waals surface area contributed by atoms with Gasteiger partial charge in [0, 0.05) is 6.04 Å². The molecular weight excluding hydrogens is 236 g/mol. The first-order valence-electron chi connectivity index (χ1n) is 8.06. The van der Waals surface area contributed by atoms with Crippen LogP contribution in [0.4, 0.5) is 0 Å². The monoisotopic (exact) mass is 264 g/mol. The van der Waals surface area contributed by atoms with E-state index >= 15 is 0 Å². The summed E-state index contributed by atoms with van der Waals surface area (Å²) < 4.78 is 0. The van der Waals surface area contributed by atoms with Crippen molar-refractivity contribution in [1.29, 1.82) is 0 Å². The van der Waals surface area contributed by atoms with E-state index in [1.807, 2.05) is 0 Å². The molecule has 2 fully saturated rings. The van der Waals surface area contributed by atoms with Gasteiger partial charge in [0.15, 0.2) is 0 Å². The number of hydrogen-bond acceptors (Lipinski definition) is 2. The number of rotatable bonds is 4. The summed E-state index contributed by atoms with van der Waals surface area (Å²) in [4.78, 5) is 16.3. The van der Waals surface area contributed by atoms with E-state index in [1.54, 1.807) is 6.92 Å². The summed E-state index contributed by atoms with van der Waals surface area (Å²) in [5.41, 5.74) is 0. The Morgan fingerprint density at radius 1 is 1.00 bits per heavy atom. The van der Waals surface area contributed by atoms with Crippen LogP contribution in [0.2, 0.25) is 0 Å². The predicted molar refractivity (Wildman–Crippen MR) is 79.6 cm³/mol. The zero-order chi connectivity index (χ0) is 13.5. The molecule has 1 N–H and O–H groups in total. The third-order valence-corrected chi connectivity index (χ3v) is 4.31. The fraction of sp³-hybridized carbons (Fsp3) is 0.875. The van der Waals surface area contributed by atoms with Crippen LogP contribution in [0, 0.1) is 0 Å². The van der Waals surface area contributed by atoms with Gasteiger partial charge in [0.25, 0.3) is 0 Å². The molecule has 3 heteroatoms. The molecule has 0 heterocycles. The van der Waals surface area contributed by atoms with Gasteiger partial charge in [0.1, 0.15) is 11.6 Å². The summed E-state index contributed by atoms with van der Waals surface area (Å²) in [6.45, 7) is 1.67. The maximum Gasteiger partial charge on any atom is 0.137 e. The molecule has 0 atom stereocenters. The fourth-order valence-electron chi connectivity index (χ4n) is 3.28. The van der Waals surface area contributed by atoms with E-state index in [-0.39, 0.29) is 5.78 Å². The molecule has 2 aliphatic carbocycles. The van der Waals surface area contributed by atoms with Crippen molar-refractivity contribution in [3.8, 4) is 0 Å². The standard InChI is InChI=1S/C16H28N2O/c1-13(19)12-16(17-14-8-4-2-5-9-14)18-15-10-6-3-7-11-15/h14-15H,2-12H2,1H3,(H,17,18). The lowest BCUT2D eigenvalue weighted by Gasteiger charge is -2.26. The first-order chi connectivity index (χ1) is 9.24. The van der Waals surface area contributed by atoms with Gasteiger partial charge in [-0.05, 0) is 32.6 Å². The van der Waals surface area contributed by atoms with E-state index in [9.17, 15) is 4.79 Å². The van der Waals surface area contributed by atoms with Gasteiger partial charge < -0.3 is 5.32 Å². The lowest BCUT2D eigenvalue weighted by Crippen LogP contribution is -2.38. The van der Waals surface area contributed by atoms with Crippen molar-refractivity contribution in [3.63, 3.8) is 0 Å². The highest BCUT2D eigenvalue weighted by Gasteiger charge is 2.18. The van der Waals surface area contributed by atoms with Gasteiger partial charge in [0.2, 0.25) is 0 Å². The van der Waals surface area contributed by atoms with Crippen molar-refractivity contribution in [2.24, 2.45) is 4.99 Å². The quantitative estimate of drug-likeness (QED) is 0.622. The Morgan fingerprint density at radius 2 is 1.58 bits per heavy atom. The summed E-state index contributed by atoms with van der Waals surface area (Å²) in [5, 5.41) is 3.56. The molecule has 0 spiro atoms. The highest BCUT2D eigenvalue weighted by Crippen LogP contribution is 2.21. The fourth-order valence-corrected chi connectivity index (χ4v) is 3.28. The van der Waals surface area contributed by atoms with Gasteiger partial charge in [-0.25, -0.2) is 0 Å². The molecule has 2 aliphatic rings. The van der Waals surface area contributed by atoms with Crippen molar-refractivity contribution in [3.05, 3.63) is 0 Å². The van der Waals surface area contributed by atoms with Crippen LogP contribution in [-0.4, -0.2) is 23.7 Å². The van der Waals surface area contributed by atoms with E-state index in [1.165, 1.54) is 64.2 Å². The number of carbonyl (C=O) groups excluding carboxylic acids is 1. The number of hydrogen-bond donors (Lipinski definition) is 1. The first-order valence-corrected chi connectivity index (χ1v) is 8.06. The molecule has 108 valence electrons. The zero-order valence-corrected chi connectivity index (χ0v) is 12.3. The van der Waals surface area contributed by atoms with Crippen molar-refractivity contribution in [1.82, 2.24) is 5.32 Å². The highest BCUT2D eigenvalue weighted by molar-refractivity contribution is 6.00. The Kier molecular flexibility index (Phi) is 5.87. The van der Waals surface area contributed by atoms with Crippen molar-refractivity contribution in [2.45, 2.75) is 89.6 Å².